The van der Waals surface area contributed by atoms with E-state index >= 15 is 0 Å². The Balaban J connectivity index is 2.06. The summed E-state index contributed by atoms with van der Waals surface area (Å²) in [5.74, 6) is -1.33. The number of rotatable bonds is 6. The van der Waals surface area contributed by atoms with Gasteiger partial charge in [0.25, 0.3) is 0 Å². The highest BCUT2D eigenvalue weighted by atomic mass is 16.4. The number of carbonyl (C=O) groups is 2. The smallest absolute Gasteiger partial charge is 0.326 e. The first-order chi connectivity index (χ1) is 9.61. The maximum absolute atomic E-state index is 11.9. The summed E-state index contributed by atoms with van der Waals surface area (Å²) in [6, 6.07) is 6.65. The third-order valence-corrected chi connectivity index (χ3v) is 3.05. The number of para-hydroxylation sites is 2. The SMILES string of the molecule is CCC[C@@H](NC(=O)Cn1cnc2ccccc21)C(=O)O. The highest BCUT2D eigenvalue weighted by molar-refractivity contribution is 5.84. The predicted octanol–water partition coefficient (Wildman–Crippen LogP) is 1.41. The van der Waals surface area contributed by atoms with E-state index in [4.69, 9.17) is 5.11 Å². The lowest BCUT2D eigenvalue weighted by Crippen LogP contribution is -2.42. The van der Waals surface area contributed by atoms with Crippen molar-refractivity contribution < 1.29 is 14.7 Å². The molecule has 1 heterocycles. The number of carbonyl (C=O) groups excluding carboxylic acids is 1. The Morgan fingerprint density at radius 3 is 2.85 bits per heavy atom. The van der Waals surface area contributed by atoms with Gasteiger partial charge in [-0.3, -0.25) is 4.79 Å². The minimum Gasteiger partial charge on any atom is -0.480 e. The maximum atomic E-state index is 11.9. The minimum atomic E-state index is -1.00. The van der Waals surface area contributed by atoms with Crippen molar-refractivity contribution in [1.82, 2.24) is 14.9 Å². The molecule has 20 heavy (non-hydrogen) atoms. The molecular weight excluding hydrogens is 258 g/mol. The maximum Gasteiger partial charge on any atom is 0.326 e. The molecule has 6 nitrogen and oxygen atoms in total. The molecule has 2 aromatic rings. The molecule has 2 rings (SSSR count). The van der Waals surface area contributed by atoms with Crippen LogP contribution in [0.25, 0.3) is 11.0 Å². The topological polar surface area (TPSA) is 84.2 Å². The van der Waals surface area contributed by atoms with Crippen LogP contribution in [0.5, 0.6) is 0 Å². The fraction of sp³-hybridized carbons (Fsp3) is 0.357. The number of amides is 1. The van der Waals surface area contributed by atoms with E-state index in [1.54, 1.807) is 10.9 Å². The molecule has 0 saturated heterocycles. The lowest BCUT2D eigenvalue weighted by Gasteiger charge is -2.13. The Bertz CT molecular complexity index is 621. The van der Waals surface area contributed by atoms with Gasteiger partial charge in [-0.15, -0.1) is 0 Å². The van der Waals surface area contributed by atoms with Crippen molar-refractivity contribution in [2.45, 2.75) is 32.4 Å². The van der Waals surface area contributed by atoms with Gasteiger partial charge >= 0.3 is 5.97 Å². The molecule has 6 heteroatoms. The molecule has 0 spiro atoms. The molecule has 0 saturated carbocycles. The van der Waals surface area contributed by atoms with Gasteiger partial charge in [0.15, 0.2) is 0 Å². The molecule has 106 valence electrons. The monoisotopic (exact) mass is 275 g/mol. The second-order valence-corrected chi connectivity index (χ2v) is 4.61. The van der Waals surface area contributed by atoms with Gasteiger partial charge in [-0.25, -0.2) is 9.78 Å². The van der Waals surface area contributed by atoms with Crippen LogP contribution in [0.4, 0.5) is 0 Å². The first kappa shape index (κ1) is 14.0. The van der Waals surface area contributed by atoms with Crippen LogP contribution in [0, 0.1) is 0 Å². The summed E-state index contributed by atoms with van der Waals surface area (Å²) in [6.07, 6.45) is 2.71. The molecular formula is C14H17N3O3. The lowest BCUT2D eigenvalue weighted by molar-refractivity contribution is -0.142. The summed E-state index contributed by atoms with van der Waals surface area (Å²) in [4.78, 5) is 27.1. The molecule has 0 aliphatic rings. The highest BCUT2D eigenvalue weighted by Gasteiger charge is 2.19. The second kappa shape index (κ2) is 6.18. The molecule has 0 unspecified atom stereocenters. The molecule has 0 radical (unpaired) electrons. The number of carboxylic acid groups (broad SMARTS) is 1. The Kier molecular flexibility index (Phi) is 4.34. The van der Waals surface area contributed by atoms with E-state index in [9.17, 15) is 9.59 Å². The van der Waals surface area contributed by atoms with Crippen molar-refractivity contribution in [1.29, 1.82) is 0 Å². The van der Waals surface area contributed by atoms with Crippen LogP contribution in [0.15, 0.2) is 30.6 Å². The van der Waals surface area contributed by atoms with Gasteiger partial charge in [-0.2, -0.15) is 0 Å². The number of imidazole rings is 1. The number of benzene rings is 1. The van der Waals surface area contributed by atoms with Crippen LogP contribution in [-0.2, 0) is 16.1 Å². The summed E-state index contributed by atoms with van der Waals surface area (Å²) >= 11 is 0. The van der Waals surface area contributed by atoms with Gasteiger partial charge in [0.05, 0.1) is 17.4 Å². The van der Waals surface area contributed by atoms with E-state index in [1.807, 2.05) is 31.2 Å². The molecule has 0 aliphatic carbocycles. The number of hydrogen-bond donors (Lipinski definition) is 2. The Labute approximate surface area is 116 Å². The number of nitrogens with one attached hydrogen (secondary N) is 1. The zero-order valence-corrected chi connectivity index (χ0v) is 11.2. The average molecular weight is 275 g/mol. The van der Waals surface area contributed by atoms with E-state index in [-0.39, 0.29) is 12.5 Å². The van der Waals surface area contributed by atoms with Crippen LogP contribution in [0.3, 0.4) is 0 Å². The fourth-order valence-electron chi connectivity index (χ4n) is 2.08. The molecule has 0 bridgehead atoms. The molecule has 1 aromatic heterocycles. The van der Waals surface area contributed by atoms with Crippen LogP contribution in [0.1, 0.15) is 19.8 Å². The molecule has 1 atom stereocenters. The molecule has 0 aliphatic heterocycles. The summed E-state index contributed by atoms with van der Waals surface area (Å²) in [7, 11) is 0. The van der Waals surface area contributed by atoms with E-state index in [0.717, 1.165) is 11.0 Å². The van der Waals surface area contributed by atoms with Crippen molar-refractivity contribution >= 4 is 22.9 Å². The Hall–Kier alpha value is -2.37. The quantitative estimate of drug-likeness (QED) is 0.834. The van der Waals surface area contributed by atoms with Gasteiger partial charge in [-0.05, 0) is 18.6 Å². The Morgan fingerprint density at radius 2 is 2.15 bits per heavy atom. The van der Waals surface area contributed by atoms with Crippen molar-refractivity contribution in [3.63, 3.8) is 0 Å². The molecule has 0 fully saturated rings. The molecule has 1 aromatic carbocycles. The van der Waals surface area contributed by atoms with Crippen LogP contribution in [0.2, 0.25) is 0 Å². The summed E-state index contributed by atoms with van der Waals surface area (Å²) in [5, 5.41) is 11.6. The largest absolute Gasteiger partial charge is 0.480 e. The van der Waals surface area contributed by atoms with Crippen molar-refractivity contribution in [3.05, 3.63) is 30.6 Å². The number of aliphatic carboxylic acids is 1. The number of hydrogen-bond acceptors (Lipinski definition) is 3. The van der Waals surface area contributed by atoms with Crippen molar-refractivity contribution in [2.75, 3.05) is 0 Å². The Morgan fingerprint density at radius 1 is 1.40 bits per heavy atom. The van der Waals surface area contributed by atoms with Crippen molar-refractivity contribution in [2.24, 2.45) is 0 Å². The van der Waals surface area contributed by atoms with Gasteiger partial charge in [0.1, 0.15) is 12.6 Å². The van der Waals surface area contributed by atoms with Gasteiger partial charge in [0, 0.05) is 0 Å². The first-order valence-electron chi connectivity index (χ1n) is 6.54. The summed E-state index contributed by atoms with van der Waals surface area (Å²) in [6.45, 7) is 1.94. The number of aromatic nitrogens is 2. The minimum absolute atomic E-state index is 0.0635. The molecule has 2 N–H and O–H groups in total. The number of fused-ring (bicyclic) bond motifs is 1. The van der Waals surface area contributed by atoms with Gasteiger partial charge in [0.2, 0.25) is 5.91 Å². The van der Waals surface area contributed by atoms with Gasteiger partial charge < -0.3 is 15.0 Å². The van der Waals surface area contributed by atoms with E-state index in [2.05, 4.69) is 10.3 Å². The molecule has 1 amide bonds. The average Bonchev–Trinajstić information content (AvgIpc) is 2.81. The predicted molar refractivity (Wildman–Crippen MR) is 74.2 cm³/mol. The number of nitrogens with zero attached hydrogens (tertiary/aromatic N) is 2. The highest BCUT2D eigenvalue weighted by Crippen LogP contribution is 2.11. The van der Waals surface area contributed by atoms with Gasteiger partial charge in [-0.1, -0.05) is 25.5 Å². The zero-order valence-electron chi connectivity index (χ0n) is 11.2. The standard InChI is InChI=1S/C14H17N3O3/c1-2-5-11(14(19)20)16-13(18)8-17-9-15-10-6-3-4-7-12(10)17/h3-4,6-7,9,11H,2,5,8H2,1H3,(H,16,18)(H,19,20)/t11-/m1/s1. The zero-order chi connectivity index (χ0) is 14.5. The van der Waals surface area contributed by atoms with E-state index < -0.39 is 12.0 Å². The van der Waals surface area contributed by atoms with E-state index in [1.165, 1.54) is 0 Å². The number of carboxylic acids is 1. The third-order valence-electron chi connectivity index (χ3n) is 3.05. The second-order valence-electron chi connectivity index (χ2n) is 4.61. The lowest BCUT2D eigenvalue weighted by atomic mass is 10.1. The summed E-state index contributed by atoms with van der Waals surface area (Å²) in [5.41, 5.74) is 1.66. The van der Waals surface area contributed by atoms with Crippen molar-refractivity contribution in [3.8, 4) is 0 Å². The van der Waals surface area contributed by atoms with Crippen LogP contribution in [-0.4, -0.2) is 32.6 Å². The van der Waals surface area contributed by atoms with E-state index in [0.29, 0.717) is 12.8 Å². The normalized spacial score (nSPS) is 12.2. The summed E-state index contributed by atoms with van der Waals surface area (Å²) < 4.78 is 1.70. The van der Waals surface area contributed by atoms with Crippen LogP contribution < -0.4 is 5.32 Å². The first-order valence-corrected chi connectivity index (χ1v) is 6.54. The third kappa shape index (κ3) is 3.14. The van der Waals surface area contributed by atoms with Crippen LogP contribution >= 0.6 is 0 Å². The fourth-order valence-corrected chi connectivity index (χ4v) is 2.08.